The smallest absolute Gasteiger partial charge is 0.191 e. The number of piperidine rings is 1. The molecule has 0 amide bonds. The fourth-order valence-corrected chi connectivity index (χ4v) is 3.21. The maximum absolute atomic E-state index is 5.46. The van der Waals surface area contributed by atoms with Gasteiger partial charge in [-0.2, -0.15) is 0 Å². The summed E-state index contributed by atoms with van der Waals surface area (Å²) in [6.45, 7) is 8.29. The van der Waals surface area contributed by atoms with Gasteiger partial charge in [-0.3, -0.25) is 9.89 Å². The van der Waals surface area contributed by atoms with Gasteiger partial charge in [0.1, 0.15) is 5.75 Å². The number of nitrogens with zero attached hydrogens (tertiary/aromatic N) is 2. The topological polar surface area (TPSA) is 48.9 Å². The van der Waals surface area contributed by atoms with Gasteiger partial charge in [-0.1, -0.05) is 18.6 Å². The zero-order valence-electron chi connectivity index (χ0n) is 15.6. The maximum atomic E-state index is 5.46. The minimum Gasteiger partial charge on any atom is -0.496 e. The van der Waals surface area contributed by atoms with Crippen molar-refractivity contribution in [2.24, 2.45) is 4.99 Å². The first-order valence-corrected chi connectivity index (χ1v) is 8.96. The summed E-state index contributed by atoms with van der Waals surface area (Å²) in [4.78, 5) is 6.88. The Labute approximate surface area is 146 Å². The number of nitrogens with one attached hydrogen (secondary N) is 2. The molecule has 5 heteroatoms. The number of methoxy groups -OCH3 is 1. The molecule has 0 aromatic heterocycles. The molecule has 1 saturated heterocycles. The molecule has 1 aromatic carbocycles. The third-order valence-electron chi connectivity index (χ3n) is 4.74. The molecule has 1 aliphatic rings. The Kier molecular flexibility index (Phi) is 7.37. The lowest BCUT2D eigenvalue weighted by atomic mass is 10.0. The first-order chi connectivity index (χ1) is 11.6. The van der Waals surface area contributed by atoms with Crippen molar-refractivity contribution in [1.29, 1.82) is 0 Å². The third-order valence-corrected chi connectivity index (χ3v) is 4.74. The van der Waals surface area contributed by atoms with Gasteiger partial charge in [0.2, 0.25) is 0 Å². The number of hydrogen-bond acceptors (Lipinski definition) is 3. The average molecular weight is 332 g/mol. The van der Waals surface area contributed by atoms with E-state index in [2.05, 4.69) is 52.6 Å². The second-order valence-electron chi connectivity index (χ2n) is 6.55. The van der Waals surface area contributed by atoms with E-state index in [9.17, 15) is 0 Å². The van der Waals surface area contributed by atoms with E-state index in [0.29, 0.717) is 12.6 Å². The van der Waals surface area contributed by atoms with E-state index in [1.807, 2.05) is 7.05 Å². The Hall–Kier alpha value is -1.75. The lowest BCUT2D eigenvalue weighted by Crippen LogP contribution is -2.45. The summed E-state index contributed by atoms with van der Waals surface area (Å²) in [5.41, 5.74) is 2.34. The van der Waals surface area contributed by atoms with E-state index in [4.69, 9.17) is 4.74 Å². The Morgan fingerprint density at radius 2 is 2.17 bits per heavy atom. The van der Waals surface area contributed by atoms with E-state index in [1.165, 1.54) is 31.4 Å². The summed E-state index contributed by atoms with van der Waals surface area (Å²) in [6.07, 6.45) is 4.01. The Balaban J connectivity index is 1.78. The summed E-state index contributed by atoms with van der Waals surface area (Å²) in [5.74, 6) is 1.75. The predicted molar refractivity (Wildman–Crippen MR) is 101 cm³/mol. The minimum atomic E-state index is 0.698. The van der Waals surface area contributed by atoms with Crippen molar-refractivity contribution in [1.82, 2.24) is 15.5 Å². The quantitative estimate of drug-likeness (QED) is 0.621. The highest BCUT2D eigenvalue weighted by molar-refractivity contribution is 5.79. The number of ether oxygens (including phenoxy) is 1. The van der Waals surface area contributed by atoms with Gasteiger partial charge in [0.25, 0.3) is 0 Å². The molecule has 134 valence electrons. The van der Waals surface area contributed by atoms with Crippen LogP contribution in [0.25, 0.3) is 0 Å². The van der Waals surface area contributed by atoms with Gasteiger partial charge in [0, 0.05) is 38.3 Å². The number of aliphatic imine (C=N–C) groups is 1. The van der Waals surface area contributed by atoms with Crippen molar-refractivity contribution in [3.8, 4) is 5.75 Å². The van der Waals surface area contributed by atoms with Crippen LogP contribution in [0.4, 0.5) is 0 Å². The van der Waals surface area contributed by atoms with E-state index in [0.717, 1.165) is 30.4 Å². The second kappa shape index (κ2) is 9.52. The molecule has 0 radical (unpaired) electrons. The molecule has 1 aliphatic heterocycles. The Morgan fingerprint density at radius 3 is 2.88 bits per heavy atom. The number of rotatable bonds is 6. The van der Waals surface area contributed by atoms with Crippen molar-refractivity contribution < 1.29 is 4.74 Å². The fraction of sp³-hybridized carbons (Fsp3) is 0.632. The van der Waals surface area contributed by atoms with Gasteiger partial charge in [0.15, 0.2) is 5.96 Å². The molecule has 0 bridgehead atoms. The van der Waals surface area contributed by atoms with Crippen molar-refractivity contribution in [2.45, 2.75) is 45.7 Å². The number of benzene rings is 1. The average Bonchev–Trinajstić information content (AvgIpc) is 2.60. The zero-order valence-corrected chi connectivity index (χ0v) is 15.6. The highest BCUT2D eigenvalue weighted by Gasteiger charge is 2.17. The van der Waals surface area contributed by atoms with Crippen molar-refractivity contribution in [3.63, 3.8) is 0 Å². The van der Waals surface area contributed by atoms with E-state index >= 15 is 0 Å². The molecule has 5 nitrogen and oxygen atoms in total. The third kappa shape index (κ3) is 5.41. The molecule has 1 heterocycles. The Morgan fingerprint density at radius 1 is 1.33 bits per heavy atom. The molecule has 1 atom stereocenters. The largest absolute Gasteiger partial charge is 0.496 e. The van der Waals surface area contributed by atoms with Crippen LogP contribution in [0.15, 0.2) is 23.2 Å². The van der Waals surface area contributed by atoms with E-state index in [1.54, 1.807) is 7.11 Å². The number of likely N-dealkylation sites (tertiary alicyclic amines) is 1. The molecule has 1 aromatic rings. The monoisotopic (exact) mass is 332 g/mol. The van der Waals surface area contributed by atoms with Crippen LogP contribution in [0.5, 0.6) is 5.75 Å². The van der Waals surface area contributed by atoms with Gasteiger partial charge in [0.05, 0.1) is 7.11 Å². The zero-order chi connectivity index (χ0) is 17.4. The molecule has 0 aliphatic carbocycles. The predicted octanol–water partition coefficient (Wildman–Crippen LogP) is 2.54. The lowest BCUT2D eigenvalue weighted by Gasteiger charge is -2.33. The molecule has 1 fully saturated rings. The van der Waals surface area contributed by atoms with Gasteiger partial charge in [-0.15, -0.1) is 0 Å². The van der Waals surface area contributed by atoms with E-state index in [-0.39, 0.29) is 0 Å². The van der Waals surface area contributed by atoms with Crippen LogP contribution in [0.3, 0.4) is 0 Å². The van der Waals surface area contributed by atoms with Crippen molar-refractivity contribution in [3.05, 3.63) is 29.3 Å². The Bertz CT molecular complexity index is 544. The normalized spacial score (nSPS) is 19.2. The van der Waals surface area contributed by atoms with Crippen molar-refractivity contribution >= 4 is 5.96 Å². The van der Waals surface area contributed by atoms with Crippen LogP contribution >= 0.6 is 0 Å². The summed E-state index contributed by atoms with van der Waals surface area (Å²) < 4.78 is 5.46. The molecule has 0 spiro atoms. The minimum absolute atomic E-state index is 0.698. The molecular formula is C19H32N4O. The first-order valence-electron chi connectivity index (χ1n) is 8.96. The highest BCUT2D eigenvalue weighted by Crippen LogP contribution is 2.19. The first kappa shape index (κ1) is 18.6. The van der Waals surface area contributed by atoms with Crippen LogP contribution in [-0.4, -0.2) is 50.7 Å². The van der Waals surface area contributed by atoms with Gasteiger partial charge >= 0.3 is 0 Å². The van der Waals surface area contributed by atoms with Crippen LogP contribution in [0.2, 0.25) is 0 Å². The van der Waals surface area contributed by atoms with Gasteiger partial charge in [-0.05, 0) is 44.9 Å². The lowest BCUT2D eigenvalue weighted by molar-refractivity contribution is 0.163. The second-order valence-corrected chi connectivity index (χ2v) is 6.55. The SMILES string of the molecule is CN=C(NCCN1CCCCC1C)NCc1ccc(C)cc1OC. The molecular weight excluding hydrogens is 300 g/mol. The summed E-state index contributed by atoms with van der Waals surface area (Å²) in [5, 5.41) is 6.78. The summed E-state index contributed by atoms with van der Waals surface area (Å²) in [7, 11) is 3.52. The van der Waals surface area contributed by atoms with Crippen molar-refractivity contribution in [2.75, 3.05) is 33.8 Å². The summed E-state index contributed by atoms with van der Waals surface area (Å²) >= 11 is 0. The number of aryl methyl sites for hydroxylation is 1. The van der Waals surface area contributed by atoms with Crippen LogP contribution < -0.4 is 15.4 Å². The molecule has 0 saturated carbocycles. The van der Waals surface area contributed by atoms with Gasteiger partial charge in [-0.25, -0.2) is 0 Å². The molecule has 2 rings (SSSR count). The fourth-order valence-electron chi connectivity index (χ4n) is 3.21. The molecule has 24 heavy (non-hydrogen) atoms. The van der Waals surface area contributed by atoms with Crippen LogP contribution in [0, 0.1) is 6.92 Å². The van der Waals surface area contributed by atoms with Crippen LogP contribution in [0.1, 0.15) is 37.3 Å². The van der Waals surface area contributed by atoms with E-state index < -0.39 is 0 Å². The summed E-state index contributed by atoms with van der Waals surface area (Å²) in [6, 6.07) is 6.97. The van der Waals surface area contributed by atoms with Gasteiger partial charge < -0.3 is 15.4 Å². The van der Waals surface area contributed by atoms with Crippen LogP contribution in [-0.2, 0) is 6.54 Å². The standard InChI is InChI=1S/C19H32N4O/c1-15-8-9-17(18(13-15)24-4)14-22-19(20-3)21-10-12-23-11-6-5-7-16(23)2/h8-9,13,16H,5-7,10-12,14H2,1-4H3,(H2,20,21,22). The highest BCUT2D eigenvalue weighted by atomic mass is 16.5. The number of hydrogen-bond donors (Lipinski definition) is 2. The maximum Gasteiger partial charge on any atom is 0.191 e. The molecule has 1 unspecified atom stereocenters. The molecule has 2 N–H and O–H groups in total. The number of guanidine groups is 1.